The summed E-state index contributed by atoms with van der Waals surface area (Å²) in [6.07, 6.45) is 1.09. The fraction of sp³-hybridized carbons (Fsp3) is 0.529. The molecule has 0 atom stereocenters. The molecule has 0 saturated carbocycles. The number of piperidine rings is 1. The lowest BCUT2D eigenvalue weighted by Crippen LogP contribution is -2.43. The van der Waals surface area contributed by atoms with Crippen molar-refractivity contribution >= 4 is 24.4 Å². The van der Waals surface area contributed by atoms with Gasteiger partial charge in [-0.05, 0) is 32.1 Å². The molecule has 2 heterocycles. The SMILES string of the molecule is N=C/C(=C\N1C=NC2=C(CCC2)C(=O)N1)C(=O)N1CCC(C(F)(F)F)CC1. The van der Waals surface area contributed by atoms with E-state index in [1.807, 2.05) is 0 Å². The molecule has 0 aromatic rings. The van der Waals surface area contributed by atoms with E-state index in [2.05, 4.69) is 10.4 Å². The molecule has 10 heteroatoms. The van der Waals surface area contributed by atoms with E-state index in [1.54, 1.807) is 0 Å². The third kappa shape index (κ3) is 4.20. The summed E-state index contributed by atoms with van der Waals surface area (Å²) in [5.41, 5.74) is 3.86. The summed E-state index contributed by atoms with van der Waals surface area (Å²) in [7, 11) is 0. The lowest BCUT2D eigenvalue weighted by molar-refractivity contribution is -0.186. The van der Waals surface area contributed by atoms with E-state index < -0.39 is 18.0 Å². The maximum atomic E-state index is 12.8. The molecule has 3 aliphatic rings. The van der Waals surface area contributed by atoms with Gasteiger partial charge in [-0.3, -0.25) is 15.0 Å². The first kappa shape index (κ1) is 19.1. The third-order valence-corrected chi connectivity index (χ3v) is 4.96. The Morgan fingerprint density at radius 1 is 1.30 bits per heavy atom. The first-order valence-corrected chi connectivity index (χ1v) is 8.73. The molecule has 0 aromatic heterocycles. The lowest BCUT2D eigenvalue weighted by atomic mass is 9.96. The van der Waals surface area contributed by atoms with Crippen molar-refractivity contribution in [2.24, 2.45) is 10.9 Å². The largest absolute Gasteiger partial charge is 0.391 e. The quantitative estimate of drug-likeness (QED) is 0.578. The molecule has 1 fully saturated rings. The fourth-order valence-corrected chi connectivity index (χ4v) is 3.42. The van der Waals surface area contributed by atoms with Crippen molar-refractivity contribution in [1.29, 1.82) is 5.41 Å². The highest BCUT2D eigenvalue weighted by Crippen LogP contribution is 2.34. The van der Waals surface area contributed by atoms with Crippen molar-refractivity contribution in [3.05, 3.63) is 23.0 Å². The molecule has 0 radical (unpaired) electrons. The van der Waals surface area contributed by atoms with Gasteiger partial charge in [0.15, 0.2) is 0 Å². The molecule has 27 heavy (non-hydrogen) atoms. The molecule has 0 spiro atoms. The number of likely N-dealkylation sites (tertiary alicyclic amines) is 1. The molecule has 146 valence electrons. The van der Waals surface area contributed by atoms with Crippen LogP contribution in [-0.4, -0.2) is 53.5 Å². The fourth-order valence-electron chi connectivity index (χ4n) is 3.42. The Morgan fingerprint density at radius 3 is 2.63 bits per heavy atom. The lowest BCUT2D eigenvalue weighted by Gasteiger charge is -2.33. The number of nitrogens with one attached hydrogen (secondary N) is 2. The Bertz CT molecular complexity index is 733. The van der Waals surface area contributed by atoms with E-state index in [4.69, 9.17) is 5.41 Å². The van der Waals surface area contributed by atoms with Crippen LogP contribution in [0.2, 0.25) is 0 Å². The zero-order valence-corrected chi connectivity index (χ0v) is 14.6. The molecule has 2 N–H and O–H groups in total. The number of hydrogen-bond acceptors (Lipinski definition) is 5. The topological polar surface area (TPSA) is 88.9 Å². The smallest absolute Gasteiger partial charge is 0.339 e. The predicted molar refractivity (Wildman–Crippen MR) is 91.6 cm³/mol. The predicted octanol–water partition coefficient (Wildman–Crippen LogP) is 2.13. The molecule has 3 rings (SSSR count). The van der Waals surface area contributed by atoms with E-state index in [1.165, 1.54) is 22.4 Å². The van der Waals surface area contributed by atoms with Crippen LogP contribution >= 0.6 is 0 Å². The number of carbonyl (C=O) groups excluding carboxylic acids is 2. The Kier molecular flexibility index (Phi) is 5.33. The van der Waals surface area contributed by atoms with Crippen molar-refractivity contribution in [2.75, 3.05) is 13.1 Å². The van der Waals surface area contributed by atoms with E-state index >= 15 is 0 Å². The van der Waals surface area contributed by atoms with Crippen LogP contribution in [0.3, 0.4) is 0 Å². The number of carbonyl (C=O) groups is 2. The summed E-state index contributed by atoms with van der Waals surface area (Å²) < 4.78 is 38.3. The van der Waals surface area contributed by atoms with Crippen molar-refractivity contribution in [1.82, 2.24) is 15.3 Å². The van der Waals surface area contributed by atoms with Crippen molar-refractivity contribution in [2.45, 2.75) is 38.3 Å². The number of alkyl halides is 3. The molecular weight excluding hydrogens is 363 g/mol. The van der Waals surface area contributed by atoms with E-state index in [0.29, 0.717) is 24.1 Å². The second-order valence-electron chi connectivity index (χ2n) is 6.71. The van der Waals surface area contributed by atoms with Gasteiger partial charge in [0.2, 0.25) is 0 Å². The van der Waals surface area contributed by atoms with Crippen LogP contribution in [0.25, 0.3) is 0 Å². The van der Waals surface area contributed by atoms with Crippen LogP contribution in [0, 0.1) is 11.3 Å². The van der Waals surface area contributed by atoms with Crippen molar-refractivity contribution < 1.29 is 22.8 Å². The van der Waals surface area contributed by atoms with Gasteiger partial charge in [-0.2, -0.15) is 13.2 Å². The van der Waals surface area contributed by atoms with Crippen LogP contribution in [0.1, 0.15) is 32.1 Å². The third-order valence-electron chi connectivity index (χ3n) is 4.96. The van der Waals surface area contributed by atoms with Gasteiger partial charge in [0, 0.05) is 31.1 Å². The number of nitrogens with zero attached hydrogens (tertiary/aromatic N) is 3. The van der Waals surface area contributed by atoms with Gasteiger partial charge in [0.25, 0.3) is 11.8 Å². The van der Waals surface area contributed by atoms with Gasteiger partial charge in [0.05, 0.1) is 17.2 Å². The molecule has 0 bridgehead atoms. The second-order valence-corrected chi connectivity index (χ2v) is 6.71. The monoisotopic (exact) mass is 383 g/mol. The van der Waals surface area contributed by atoms with Gasteiger partial charge in [-0.15, -0.1) is 0 Å². The van der Waals surface area contributed by atoms with Gasteiger partial charge in [-0.1, -0.05) is 0 Å². The molecule has 1 aliphatic carbocycles. The number of halogens is 3. The normalized spacial score (nSPS) is 21.9. The van der Waals surface area contributed by atoms with Crippen LogP contribution in [0.4, 0.5) is 13.2 Å². The minimum Gasteiger partial charge on any atom is -0.339 e. The zero-order valence-electron chi connectivity index (χ0n) is 14.6. The van der Waals surface area contributed by atoms with E-state index in [-0.39, 0.29) is 37.4 Å². The summed E-state index contributed by atoms with van der Waals surface area (Å²) in [6, 6.07) is 0. The zero-order chi connectivity index (χ0) is 19.6. The molecular formula is C17H20F3N5O2. The molecule has 2 aliphatic heterocycles. The average molecular weight is 383 g/mol. The molecule has 2 amide bonds. The second kappa shape index (κ2) is 7.53. The first-order chi connectivity index (χ1) is 12.8. The highest BCUT2D eigenvalue weighted by molar-refractivity contribution is 6.11. The number of hydrazine groups is 1. The molecule has 7 nitrogen and oxygen atoms in total. The molecule has 0 aromatic carbocycles. The van der Waals surface area contributed by atoms with E-state index in [0.717, 1.165) is 12.6 Å². The minimum atomic E-state index is -4.25. The summed E-state index contributed by atoms with van der Waals surface area (Å²) in [4.78, 5) is 30.3. The molecule has 1 saturated heterocycles. The van der Waals surface area contributed by atoms with Crippen molar-refractivity contribution in [3.63, 3.8) is 0 Å². The minimum absolute atomic E-state index is 0.0233. The Morgan fingerprint density at radius 2 is 2.00 bits per heavy atom. The maximum Gasteiger partial charge on any atom is 0.391 e. The van der Waals surface area contributed by atoms with Crippen LogP contribution < -0.4 is 5.43 Å². The Hall–Kier alpha value is -2.65. The van der Waals surface area contributed by atoms with Gasteiger partial charge in [0.1, 0.15) is 6.34 Å². The van der Waals surface area contributed by atoms with Crippen LogP contribution in [0.5, 0.6) is 0 Å². The standard InChI is InChI=1S/C17H20F3N5O2/c18-17(19,20)12-4-6-24(7-5-12)16(27)11(8-21)9-25-10-22-14-3-1-2-13(14)15(26)23-25/h8-10,12,21H,1-7H2,(H,23,26)/b11-9+,21-8?. The first-order valence-electron chi connectivity index (χ1n) is 8.73. The van der Waals surface area contributed by atoms with Gasteiger partial charge >= 0.3 is 6.18 Å². The Balaban J connectivity index is 1.67. The highest BCUT2D eigenvalue weighted by atomic mass is 19.4. The summed E-state index contributed by atoms with van der Waals surface area (Å²) >= 11 is 0. The Labute approximate surface area is 154 Å². The summed E-state index contributed by atoms with van der Waals surface area (Å²) in [5, 5.41) is 8.69. The highest BCUT2D eigenvalue weighted by Gasteiger charge is 2.41. The van der Waals surface area contributed by atoms with Gasteiger partial charge < -0.3 is 10.3 Å². The van der Waals surface area contributed by atoms with Crippen LogP contribution in [-0.2, 0) is 9.59 Å². The summed E-state index contributed by atoms with van der Waals surface area (Å²) in [5.74, 6) is -2.25. The number of amides is 2. The van der Waals surface area contributed by atoms with Crippen LogP contribution in [0.15, 0.2) is 28.0 Å². The number of rotatable bonds is 3. The number of aliphatic imine (C=N–C) groups is 1. The maximum absolute atomic E-state index is 12.8. The van der Waals surface area contributed by atoms with Crippen molar-refractivity contribution in [3.8, 4) is 0 Å². The number of allylic oxidation sites excluding steroid dienone is 1. The summed E-state index contributed by atoms with van der Waals surface area (Å²) in [6.45, 7) is -0.0466. The average Bonchev–Trinajstić information content (AvgIpc) is 3.06. The van der Waals surface area contributed by atoms with Gasteiger partial charge in [-0.25, -0.2) is 10.0 Å². The van der Waals surface area contributed by atoms with E-state index in [9.17, 15) is 22.8 Å². The number of hydrogen-bond donors (Lipinski definition) is 2. The molecule has 0 unspecified atom stereocenters.